The summed E-state index contributed by atoms with van der Waals surface area (Å²) in [6, 6.07) is 25.2. The Hall–Kier alpha value is -2.42. The number of halogens is 1. The highest BCUT2D eigenvalue weighted by Gasteiger charge is 2.32. The number of hydrogen-bond donors (Lipinski definition) is 0. The van der Waals surface area contributed by atoms with Crippen LogP contribution in [0.2, 0.25) is 0 Å². The molecule has 168 valence electrons. The van der Waals surface area contributed by atoms with E-state index >= 15 is 0 Å². The summed E-state index contributed by atoms with van der Waals surface area (Å²) >= 11 is 5.54. The van der Waals surface area contributed by atoms with E-state index in [-0.39, 0.29) is 11.6 Å². The van der Waals surface area contributed by atoms with Gasteiger partial charge in [-0.15, -0.1) is 11.8 Å². The highest BCUT2D eigenvalue weighted by Crippen LogP contribution is 2.41. The van der Waals surface area contributed by atoms with Gasteiger partial charge < -0.3 is 0 Å². The molecule has 0 N–H and O–H groups in total. The lowest BCUT2D eigenvalue weighted by Gasteiger charge is -2.30. The Kier molecular flexibility index (Phi) is 5.83. The molecule has 0 spiro atoms. The number of thiazole rings is 1. The van der Waals surface area contributed by atoms with E-state index in [1.54, 1.807) is 11.8 Å². The van der Waals surface area contributed by atoms with Gasteiger partial charge in [0.25, 0.3) is 5.56 Å². The molecule has 0 bridgehead atoms. The number of nitrogens with zero attached hydrogens (tertiary/aromatic N) is 2. The zero-order valence-electron chi connectivity index (χ0n) is 18.5. The molecular weight excluding hydrogens is 571 g/mol. The van der Waals surface area contributed by atoms with E-state index in [4.69, 9.17) is 4.99 Å². The molecule has 3 nitrogen and oxygen atoms in total. The first kappa shape index (κ1) is 22.1. The first-order valence-corrected chi connectivity index (χ1v) is 14.3. The molecule has 34 heavy (non-hydrogen) atoms. The van der Waals surface area contributed by atoms with Crippen LogP contribution in [0.3, 0.4) is 0 Å². The number of aryl methyl sites for hydroxylation is 1. The van der Waals surface area contributed by atoms with Gasteiger partial charge in [0.1, 0.15) is 0 Å². The van der Waals surface area contributed by atoms with Crippen molar-refractivity contribution < 1.29 is 0 Å². The molecule has 0 radical (unpaired) electrons. The summed E-state index contributed by atoms with van der Waals surface area (Å²) in [5.41, 5.74) is 7.05. The van der Waals surface area contributed by atoms with Gasteiger partial charge in [0, 0.05) is 14.0 Å². The Labute approximate surface area is 219 Å². The minimum absolute atomic E-state index is 0.0350. The number of allylic oxidation sites excluding steroid dienone is 1. The zero-order chi connectivity index (χ0) is 23.2. The molecule has 2 heterocycles. The van der Waals surface area contributed by atoms with Crippen LogP contribution in [0.15, 0.2) is 93.1 Å². The van der Waals surface area contributed by atoms with Crippen LogP contribution < -0.4 is 14.9 Å². The van der Waals surface area contributed by atoms with Crippen LogP contribution in [-0.4, -0.2) is 10.8 Å². The topological polar surface area (TPSA) is 34.4 Å². The summed E-state index contributed by atoms with van der Waals surface area (Å²) in [7, 11) is 0. The van der Waals surface area contributed by atoms with Gasteiger partial charge in [0.2, 0.25) is 0 Å². The van der Waals surface area contributed by atoms with E-state index in [0.29, 0.717) is 0 Å². The Balaban J connectivity index is 1.62. The number of hydrogen-bond acceptors (Lipinski definition) is 4. The van der Waals surface area contributed by atoms with Crippen LogP contribution in [0, 0.1) is 3.57 Å². The normalized spacial score (nSPS) is 17.1. The van der Waals surface area contributed by atoms with Gasteiger partial charge in [-0.3, -0.25) is 9.36 Å². The molecule has 0 fully saturated rings. The van der Waals surface area contributed by atoms with Crippen molar-refractivity contribution >= 4 is 57.5 Å². The van der Waals surface area contributed by atoms with Crippen molar-refractivity contribution in [3.63, 3.8) is 0 Å². The Morgan fingerprint density at radius 2 is 1.79 bits per heavy atom. The predicted octanol–water partition coefficient (Wildman–Crippen LogP) is 5.65. The second-order valence-corrected chi connectivity index (χ2v) is 11.5. The highest BCUT2D eigenvalue weighted by molar-refractivity contribution is 14.1. The highest BCUT2D eigenvalue weighted by atomic mass is 127. The first-order chi connectivity index (χ1) is 16.6. The summed E-state index contributed by atoms with van der Waals surface area (Å²) in [5, 5.41) is 0. The van der Waals surface area contributed by atoms with Crippen molar-refractivity contribution in [2.45, 2.75) is 23.8 Å². The van der Waals surface area contributed by atoms with E-state index in [9.17, 15) is 4.79 Å². The molecule has 1 aliphatic heterocycles. The molecule has 6 rings (SSSR count). The molecule has 0 amide bonds. The molecule has 3 aromatic carbocycles. The van der Waals surface area contributed by atoms with E-state index in [0.717, 1.165) is 42.6 Å². The minimum Gasteiger partial charge on any atom is -0.272 e. The first-order valence-electron chi connectivity index (χ1n) is 11.2. The largest absolute Gasteiger partial charge is 0.272 e. The van der Waals surface area contributed by atoms with Gasteiger partial charge in [-0.05, 0) is 88.2 Å². The molecule has 2 aliphatic rings. The SMILES string of the molecule is CSc1ccc(C2C3=C(N=c4sc(=Cc5ccccc5I)c(=O)n42)c2ccccc2CC3)cc1. The molecule has 0 saturated carbocycles. The second-order valence-electron chi connectivity index (χ2n) is 8.41. The maximum Gasteiger partial charge on any atom is 0.271 e. The monoisotopic (exact) mass is 592 g/mol. The summed E-state index contributed by atoms with van der Waals surface area (Å²) in [4.78, 5) is 20.9. The fourth-order valence-electron chi connectivity index (χ4n) is 4.84. The average molecular weight is 593 g/mol. The number of fused-ring (bicyclic) bond motifs is 3. The lowest BCUT2D eigenvalue weighted by atomic mass is 9.83. The second kappa shape index (κ2) is 8.98. The summed E-state index contributed by atoms with van der Waals surface area (Å²) < 4.78 is 3.78. The van der Waals surface area contributed by atoms with Crippen molar-refractivity contribution in [2.24, 2.45) is 4.99 Å². The van der Waals surface area contributed by atoms with Crippen molar-refractivity contribution in [3.8, 4) is 0 Å². The van der Waals surface area contributed by atoms with Crippen LogP contribution in [0.25, 0.3) is 11.8 Å². The fourth-order valence-corrected chi connectivity index (χ4v) is 6.79. The minimum atomic E-state index is -0.132. The Bertz CT molecular complexity index is 1630. The van der Waals surface area contributed by atoms with Crippen molar-refractivity contribution in [1.29, 1.82) is 0 Å². The summed E-state index contributed by atoms with van der Waals surface area (Å²) in [6.07, 6.45) is 5.97. The summed E-state index contributed by atoms with van der Waals surface area (Å²) in [5.74, 6) is 0. The molecule has 1 atom stereocenters. The van der Waals surface area contributed by atoms with Gasteiger partial charge >= 0.3 is 0 Å². The van der Waals surface area contributed by atoms with E-state index in [1.165, 1.54) is 32.9 Å². The van der Waals surface area contributed by atoms with Crippen molar-refractivity contribution in [2.75, 3.05) is 6.26 Å². The quantitative estimate of drug-likeness (QED) is 0.228. The zero-order valence-corrected chi connectivity index (χ0v) is 22.3. The lowest BCUT2D eigenvalue weighted by molar-refractivity contribution is 0.585. The van der Waals surface area contributed by atoms with Crippen LogP contribution in [-0.2, 0) is 6.42 Å². The molecule has 4 aromatic rings. The van der Waals surface area contributed by atoms with Gasteiger partial charge in [-0.1, -0.05) is 65.9 Å². The van der Waals surface area contributed by atoms with E-state index in [2.05, 4.69) is 89.5 Å². The van der Waals surface area contributed by atoms with Crippen LogP contribution in [0.4, 0.5) is 0 Å². The van der Waals surface area contributed by atoms with Crippen LogP contribution >= 0.6 is 45.7 Å². The van der Waals surface area contributed by atoms with E-state index in [1.807, 2.05) is 22.8 Å². The smallest absolute Gasteiger partial charge is 0.271 e. The lowest BCUT2D eigenvalue weighted by Crippen LogP contribution is -2.38. The Morgan fingerprint density at radius 1 is 1.03 bits per heavy atom. The molecule has 1 unspecified atom stereocenters. The van der Waals surface area contributed by atoms with E-state index < -0.39 is 0 Å². The number of benzene rings is 3. The van der Waals surface area contributed by atoms with Crippen molar-refractivity contribution in [3.05, 3.63) is 124 Å². The van der Waals surface area contributed by atoms with Gasteiger partial charge in [-0.25, -0.2) is 4.99 Å². The number of aromatic nitrogens is 1. The third kappa shape index (κ3) is 3.72. The Morgan fingerprint density at radius 3 is 2.59 bits per heavy atom. The van der Waals surface area contributed by atoms with Gasteiger partial charge in [0.05, 0.1) is 16.3 Å². The van der Waals surface area contributed by atoms with Crippen LogP contribution in [0.5, 0.6) is 0 Å². The predicted molar refractivity (Wildman–Crippen MR) is 150 cm³/mol. The number of thioether (sulfide) groups is 1. The molecule has 0 saturated heterocycles. The third-order valence-corrected chi connectivity index (χ3v) is 9.21. The van der Waals surface area contributed by atoms with Gasteiger partial charge in [0.15, 0.2) is 4.80 Å². The number of rotatable bonds is 3. The average Bonchev–Trinajstić information content (AvgIpc) is 3.18. The summed E-state index contributed by atoms with van der Waals surface area (Å²) in [6.45, 7) is 0. The molecule has 1 aliphatic carbocycles. The maximum atomic E-state index is 13.8. The molecular formula is C28H21IN2OS2. The maximum absolute atomic E-state index is 13.8. The third-order valence-electron chi connectivity index (χ3n) is 6.50. The fraction of sp³-hybridized carbons (Fsp3) is 0.143. The molecule has 1 aromatic heterocycles. The van der Waals surface area contributed by atoms with Crippen LogP contribution in [0.1, 0.15) is 34.7 Å². The van der Waals surface area contributed by atoms with Gasteiger partial charge in [-0.2, -0.15) is 0 Å². The standard InChI is InChI=1S/C28H21IN2OS2/c1-33-20-13-10-18(11-14-20)26-22-15-12-17-6-2-4-8-21(17)25(22)30-28-31(26)27(32)24(34-28)16-19-7-3-5-9-23(19)29/h2-11,13-14,16,26H,12,15H2,1H3. The molecule has 6 heteroatoms. The van der Waals surface area contributed by atoms with Crippen molar-refractivity contribution in [1.82, 2.24) is 4.57 Å².